The zero-order valence-electron chi connectivity index (χ0n) is 9.41. The summed E-state index contributed by atoms with van der Waals surface area (Å²) in [5.41, 5.74) is 5.64. The fourth-order valence-corrected chi connectivity index (χ4v) is 3.42. The standard InChI is InChI=1S/C10H22N2O2S/c1-2-6-15(13,14)12-8-10-5-3-4-9(10)7-11/h9-10,12H,2-8,11H2,1H3. The van der Waals surface area contributed by atoms with E-state index in [2.05, 4.69) is 4.72 Å². The van der Waals surface area contributed by atoms with Gasteiger partial charge in [0.15, 0.2) is 0 Å². The Labute approximate surface area is 92.7 Å². The highest BCUT2D eigenvalue weighted by Crippen LogP contribution is 2.30. The molecule has 15 heavy (non-hydrogen) atoms. The van der Waals surface area contributed by atoms with Crippen molar-refractivity contribution in [3.63, 3.8) is 0 Å². The van der Waals surface area contributed by atoms with E-state index in [0.717, 1.165) is 12.8 Å². The Morgan fingerprint density at radius 2 is 2.00 bits per heavy atom. The summed E-state index contributed by atoms with van der Waals surface area (Å²) < 4.78 is 25.6. The molecule has 0 heterocycles. The summed E-state index contributed by atoms with van der Waals surface area (Å²) in [4.78, 5) is 0. The second-order valence-corrected chi connectivity index (χ2v) is 6.28. The van der Waals surface area contributed by atoms with E-state index in [1.165, 1.54) is 6.42 Å². The molecule has 2 unspecified atom stereocenters. The van der Waals surface area contributed by atoms with E-state index in [9.17, 15) is 8.42 Å². The molecule has 1 aliphatic rings. The molecule has 5 heteroatoms. The van der Waals surface area contributed by atoms with Gasteiger partial charge in [0.25, 0.3) is 0 Å². The van der Waals surface area contributed by atoms with Crippen LogP contribution in [-0.4, -0.2) is 27.3 Å². The molecule has 90 valence electrons. The molecule has 0 spiro atoms. The number of nitrogens with one attached hydrogen (secondary N) is 1. The van der Waals surface area contributed by atoms with E-state index in [-0.39, 0.29) is 5.75 Å². The molecule has 0 aromatic carbocycles. The van der Waals surface area contributed by atoms with E-state index in [1.807, 2.05) is 6.92 Å². The van der Waals surface area contributed by atoms with Crippen molar-refractivity contribution in [3.8, 4) is 0 Å². The third kappa shape index (κ3) is 4.09. The highest BCUT2D eigenvalue weighted by atomic mass is 32.2. The normalized spacial score (nSPS) is 27.1. The van der Waals surface area contributed by atoms with Crippen LogP contribution in [0.3, 0.4) is 0 Å². The second-order valence-electron chi connectivity index (χ2n) is 4.35. The monoisotopic (exact) mass is 234 g/mol. The van der Waals surface area contributed by atoms with Gasteiger partial charge in [0.1, 0.15) is 0 Å². The summed E-state index contributed by atoms with van der Waals surface area (Å²) in [5.74, 6) is 1.18. The molecule has 1 fully saturated rings. The number of hydrogen-bond donors (Lipinski definition) is 2. The maximum atomic E-state index is 11.4. The van der Waals surface area contributed by atoms with Crippen molar-refractivity contribution in [3.05, 3.63) is 0 Å². The lowest BCUT2D eigenvalue weighted by Gasteiger charge is -2.18. The van der Waals surface area contributed by atoms with Gasteiger partial charge in [-0.05, 0) is 37.6 Å². The first kappa shape index (κ1) is 12.9. The Balaban J connectivity index is 2.36. The summed E-state index contributed by atoms with van der Waals surface area (Å²) in [7, 11) is -3.04. The van der Waals surface area contributed by atoms with Crippen molar-refractivity contribution < 1.29 is 8.42 Å². The van der Waals surface area contributed by atoms with Gasteiger partial charge in [-0.25, -0.2) is 13.1 Å². The molecule has 0 aromatic heterocycles. The number of rotatable bonds is 6. The van der Waals surface area contributed by atoms with Gasteiger partial charge in [0.05, 0.1) is 5.75 Å². The van der Waals surface area contributed by atoms with Crippen LogP contribution >= 0.6 is 0 Å². The van der Waals surface area contributed by atoms with Crippen LogP contribution in [0.1, 0.15) is 32.6 Å². The number of nitrogens with two attached hydrogens (primary N) is 1. The Bertz CT molecular complexity index is 277. The third-order valence-electron chi connectivity index (χ3n) is 3.16. The second kappa shape index (κ2) is 5.82. The molecule has 1 saturated carbocycles. The summed E-state index contributed by atoms with van der Waals surface area (Å²) >= 11 is 0. The smallest absolute Gasteiger partial charge is 0.211 e. The molecule has 0 saturated heterocycles. The van der Waals surface area contributed by atoms with Gasteiger partial charge in [0.2, 0.25) is 10.0 Å². The van der Waals surface area contributed by atoms with Gasteiger partial charge in [-0.2, -0.15) is 0 Å². The highest BCUT2D eigenvalue weighted by Gasteiger charge is 2.26. The molecule has 3 N–H and O–H groups in total. The van der Waals surface area contributed by atoms with Gasteiger partial charge in [-0.3, -0.25) is 0 Å². The average molecular weight is 234 g/mol. The zero-order valence-corrected chi connectivity index (χ0v) is 10.2. The Kier molecular flexibility index (Phi) is 5.02. The molecule has 0 aromatic rings. The average Bonchev–Trinajstić information content (AvgIpc) is 2.62. The predicted molar refractivity (Wildman–Crippen MR) is 62.0 cm³/mol. The first-order valence-corrected chi connectivity index (χ1v) is 7.41. The Morgan fingerprint density at radius 3 is 2.60 bits per heavy atom. The molecule has 0 radical (unpaired) electrons. The van der Waals surface area contributed by atoms with Crippen LogP contribution in [0.2, 0.25) is 0 Å². The van der Waals surface area contributed by atoms with Crippen molar-refractivity contribution in [1.82, 2.24) is 4.72 Å². The fourth-order valence-electron chi connectivity index (χ4n) is 2.27. The minimum atomic E-state index is -3.04. The molecule has 0 bridgehead atoms. The molecule has 1 aliphatic carbocycles. The Hall–Kier alpha value is -0.130. The van der Waals surface area contributed by atoms with Crippen LogP contribution in [0.25, 0.3) is 0 Å². The van der Waals surface area contributed by atoms with Gasteiger partial charge in [-0.1, -0.05) is 13.3 Å². The first-order valence-electron chi connectivity index (χ1n) is 5.76. The minimum Gasteiger partial charge on any atom is -0.330 e. The lowest BCUT2D eigenvalue weighted by Crippen LogP contribution is -2.34. The molecule has 4 nitrogen and oxygen atoms in total. The van der Waals surface area contributed by atoms with E-state index in [4.69, 9.17) is 5.73 Å². The molecular formula is C10H22N2O2S. The third-order valence-corrected chi connectivity index (χ3v) is 4.71. The lowest BCUT2D eigenvalue weighted by atomic mass is 9.97. The van der Waals surface area contributed by atoms with E-state index in [0.29, 0.717) is 31.3 Å². The van der Waals surface area contributed by atoms with Crippen molar-refractivity contribution in [2.24, 2.45) is 17.6 Å². The van der Waals surface area contributed by atoms with Crippen molar-refractivity contribution in [2.75, 3.05) is 18.8 Å². The maximum Gasteiger partial charge on any atom is 0.211 e. The molecular weight excluding hydrogens is 212 g/mol. The van der Waals surface area contributed by atoms with Gasteiger partial charge in [-0.15, -0.1) is 0 Å². The van der Waals surface area contributed by atoms with Crippen LogP contribution in [-0.2, 0) is 10.0 Å². The highest BCUT2D eigenvalue weighted by molar-refractivity contribution is 7.89. The van der Waals surface area contributed by atoms with Crippen LogP contribution in [0.5, 0.6) is 0 Å². The SMILES string of the molecule is CCCS(=O)(=O)NCC1CCCC1CN. The van der Waals surface area contributed by atoms with Crippen molar-refractivity contribution in [1.29, 1.82) is 0 Å². The van der Waals surface area contributed by atoms with Crippen LogP contribution < -0.4 is 10.5 Å². The maximum absolute atomic E-state index is 11.4. The Morgan fingerprint density at radius 1 is 1.33 bits per heavy atom. The fraction of sp³-hybridized carbons (Fsp3) is 1.00. The first-order chi connectivity index (χ1) is 7.09. The van der Waals surface area contributed by atoms with Gasteiger partial charge < -0.3 is 5.73 Å². The van der Waals surface area contributed by atoms with E-state index in [1.54, 1.807) is 0 Å². The summed E-state index contributed by atoms with van der Waals surface area (Å²) in [5, 5.41) is 0. The lowest BCUT2D eigenvalue weighted by molar-refractivity contribution is 0.393. The molecule has 0 amide bonds. The topological polar surface area (TPSA) is 72.2 Å². The van der Waals surface area contributed by atoms with E-state index >= 15 is 0 Å². The largest absolute Gasteiger partial charge is 0.330 e. The quantitative estimate of drug-likeness (QED) is 0.710. The minimum absolute atomic E-state index is 0.229. The number of hydrogen-bond acceptors (Lipinski definition) is 3. The number of sulfonamides is 1. The summed E-state index contributed by atoms with van der Waals surface area (Å²) in [6.07, 6.45) is 4.11. The predicted octanol–water partition coefficient (Wildman–Crippen LogP) is 0.691. The zero-order chi connectivity index (χ0) is 11.3. The molecule has 0 aliphatic heterocycles. The van der Waals surface area contributed by atoms with Crippen LogP contribution in [0.4, 0.5) is 0 Å². The van der Waals surface area contributed by atoms with Crippen molar-refractivity contribution >= 4 is 10.0 Å². The summed E-state index contributed by atoms with van der Waals surface area (Å²) in [6.45, 7) is 3.13. The van der Waals surface area contributed by atoms with E-state index < -0.39 is 10.0 Å². The van der Waals surface area contributed by atoms with Crippen LogP contribution in [0.15, 0.2) is 0 Å². The summed E-state index contributed by atoms with van der Waals surface area (Å²) in [6, 6.07) is 0. The molecule has 2 atom stereocenters. The van der Waals surface area contributed by atoms with Crippen LogP contribution in [0, 0.1) is 11.8 Å². The van der Waals surface area contributed by atoms with Gasteiger partial charge in [0, 0.05) is 6.54 Å². The van der Waals surface area contributed by atoms with Crippen molar-refractivity contribution in [2.45, 2.75) is 32.6 Å². The molecule has 1 rings (SSSR count). The van der Waals surface area contributed by atoms with Gasteiger partial charge >= 0.3 is 0 Å².